The molecular formula is C9H10F2. The number of rotatable bonds is 1. The molecule has 2 heteroatoms. The van der Waals surface area contributed by atoms with Gasteiger partial charge in [0.15, 0.2) is 0 Å². The van der Waals surface area contributed by atoms with Crippen molar-refractivity contribution in [2.24, 2.45) is 0 Å². The van der Waals surface area contributed by atoms with Crippen LogP contribution in [0.5, 0.6) is 0 Å². The highest BCUT2D eigenvalue weighted by Gasteiger charge is 2.08. The van der Waals surface area contributed by atoms with E-state index in [4.69, 9.17) is 0 Å². The maximum absolute atomic E-state index is 12.2. The average molecular weight is 156 g/mol. The molecular weight excluding hydrogens is 146 g/mol. The molecule has 1 aromatic rings. The summed E-state index contributed by atoms with van der Waals surface area (Å²) in [5, 5.41) is 0. The molecule has 0 saturated heterocycles. The van der Waals surface area contributed by atoms with E-state index in [0.29, 0.717) is 5.56 Å². The van der Waals surface area contributed by atoms with E-state index in [0.717, 1.165) is 5.56 Å². The largest absolute Gasteiger partial charge is 0.264 e. The van der Waals surface area contributed by atoms with E-state index in [2.05, 4.69) is 0 Å². The smallest absolute Gasteiger partial charge is 0.205 e. The molecule has 0 aliphatic carbocycles. The Balaban J connectivity index is 3.09. The molecule has 0 bridgehead atoms. The molecule has 0 heterocycles. The Labute approximate surface area is 64.9 Å². The number of aryl methyl sites for hydroxylation is 2. The van der Waals surface area contributed by atoms with Crippen molar-refractivity contribution >= 4 is 0 Å². The molecule has 0 N–H and O–H groups in total. The molecule has 1 rings (SSSR count). The van der Waals surface area contributed by atoms with Crippen molar-refractivity contribution in [3.8, 4) is 0 Å². The van der Waals surface area contributed by atoms with E-state index in [9.17, 15) is 8.78 Å². The topological polar surface area (TPSA) is 0 Å². The Morgan fingerprint density at radius 3 is 2.27 bits per heavy atom. The van der Waals surface area contributed by atoms with Gasteiger partial charge >= 0.3 is 0 Å². The van der Waals surface area contributed by atoms with E-state index < -0.39 is 6.43 Å². The Morgan fingerprint density at radius 2 is 1.82 bits per heavy atom. The fourth-order valence-electron chi connectivity index (χ4n) is 1.07. The highest BCUT2D eigenvalue weighted by molar-refractivity contribution is 5.30. The second kappa shape index (κ2) is 2.99. The summed E-state index contributed by atoms with van der Waals surface area (Å²) >= 11 is 0. The lowest BCUT2D eigenvalue weighted by Crippen LogP contribution is -1.89. The first-order valence-corrected chi connectivity index (χ1v) is 3.46. The van der Waals surface area contributed by atoms with Crippen LogP contribution in [0.2, 0.25) is 0 Å². The summed E-state index contributed by atoms with van der Waals surface area (Å²) in [6.07, 6.45) is -2.35. The van der Waals surface area contributed by atoms with Gasteiger partial charge in [0.05, 0.1) is 0 Å². The molecule has 0 saturated carbocycles. The lowest BCUT2D eigenvalue weighted by Gasteiger charge is -2.04. The van der Waals surface area contributed by atoms with Crippen LogP contribution in [0.4, 0.5) is 8.78 Å². The quantitative estimate of drug-likeness (QED) is 0.585. The van der Waals surface area contributed by atoms with Gasteiger partial charge in [0, 0.05) is 5.56 Å². The zero-order valence-corrected chi connectivity index (χ0v) is 6.57. The summed E-state index contributed by atoms with van der Waals surface area (Å²) < 4.78 is 24.3. The summed E-state index contributed by atoms with van der Waals surface area (Å²) in [6, 6.07) is 4.95. The van der Waals surface area contributed by atoms with Crippen molar-refractivity contribution in [2.45, 2.75) is 20.3 Å². The van der Waals surface area contributed by atoms with Gasteiger partial charge in [-0.05, 0) is 19.4 Å². The molecule has 11 heavy (non-hydrogen) atoms. The van der Waals surface area contributed by atoms with Crippen LogP contribution < -0.4 is 0 Å². The first kappa shape index (κ1) is 8.18. The Hall–Kier alpha value is -0.920. The van der Waals surface area contributed by atoms with Gasteiger partial charge in [-0.1, -0.05) is 23.8 Å². The molecule has 0 radical (unpaired) electrons. The lowest BCUT2D eigenvalue weighted by atomic mass is 10.1. The Morgan fingerprint density at radius 1 is 1.18 bits per heavy atom. The van der Waals surface area contributed by atoms with Crippen molar-refractivity contribution in [3.63, 3.8) is 0 Å². The van der Waals surface area contributed by atoms with Crippen molar-refractivity contribution in [3.05, 3.63) is 34.9 Å². The summed E-state index contributed by atoms with van der Waals surface area (Å²) in [5.41, 5.74) is 1.82. The number of benzene rings is 1. The second-order valence-corrected chi connectivity index (χ2v) is 2.66. The van der Waals surface area contributed by atoms with Gasteiger partial charge in [-0.3, -0.25) is 0 Å². The molecule has 0 aliphatic rings. The Bertz CT molecular complexity index is 254. The molecule has 0 amide bonds. The third-order valence-corrected chi connectivity index (χ3v) is 1.66. The van der Waals surface area contributed by atoms with Gasteiger partial charge < -0.3 is 0 Å². The monoisotopic (exact) mass is 156 g/mol. The van der Waals surface area contributed by atoms with Crippen LogP contribution >= 0.6 is 0 Å². The summed E-state index contributed by atoms with van der Waals surface area (Å²) in [7, 11) is 0. The van der Waals surface area contributed by atoms with Gasteiger partial charge in [-0.15, -0.1) is 0 Å². The fourth-order valence-corrected chi connectivity index (χ4v) is 1.07. The SMILES string of the molecule is Cc1ccc(C(F)F)c(C)c1. The molecule has 0 unspecified atom stereocenters. The summed E-state index contributed by atoms with van der Waals surface area (Å²) in [4.78, 5) is 0. The zero-order valence-electron chi connectivity index (χ0n) is 6.57. The van der Waals surface area contributed by atoms with Gasteiger partial charge in [0.2, 0.25) is 0 Å². The van der Waals surface area contributed by atoms with Gasteiger partial charge in [-0.25, -0.2) is 8.78 Å². The normalized spacial score (nSPS) is 10.6. The predicted molar refractivity (Wildman–Crippen MR) is 40.9 cm³/mol. The molecule has 0 nitrogen and oxygen atoms in total. The standard InChI is InChI=1S/C9H10F2/c1-6-3-4-8(9(10)11)7(2)5-6/h3-5,9H,1-2H3. The summed E-state index contributed by atoms with van der Waals surface area (Å²) in [5.74, 6) is 0. The van der Waals surface area contributed by atoms with E-state index >= 15 is 0 Å². The number of hydrogen-bond acceptors (Lipinski definition) is 0. The predicted octanol–water partition coefficient (Wildman–Crippen LogP) is 3.24. The molecule has 0 aromatic heterocycles. The minimum absolute atomic E-state index is 0.135. The minimum Gasteiger partial charge on any atom is -0.205 e. The molecule has 0 aliphatic heterocycles. The van der Waals surface area contributed by atoms with Crippen LogP contribution in [0, 0.1) is 13.8 Å². The lowest BCUT2D eigenvalue weighted by molar-refractivity contribution is 0.150. The Kier molecular flexibility index (Phi) is 2.22. The maximum Gasteiger partial charge on any atom is 0.264 e. The third-order valence-electron chi connectivity index (χ3n) is 1.66. The fraction of sp³-hybridized carbons (Fsp3) is 0.333. The molecule has 0 fully saturated rings. The second-order valence-electron chi connectivity index (χ2n) is 2.66. The van der Waals surface area contributed by atoms with Crippen molar-refractivity contribution in [1.82, 2.24) is 0 Å². The van der Waals surface area contributed by atoms with E-state index in [1.807, 2.05) is 6.92 Å². The average Bonchev–Trinajstić information content (AvgIpc) is 1.85. The molecule has 60 valence electrons. The highest BCUT2D eigenvalue weighted by atomic mass is 19.3. The number of hydrogen-bond donors (Lipinski definition) is 0. The zero-order chi connectivity index (χ0) is 8.43. The van der Waals surface area contributed by atoms with Crippen LogP contribution in [0.15, 0.2) is 18.2 Å². The van der Waals surface area contributed by atoms with Gasteiger partial charge in [0.1, 0.15) is 0 Å². The van der Waals surface area contributed by atoms with Crippen LogP contribution in [0.25, 0.3) is 0 Å². The van der Waals surface area contributed by atoms with E-state index in [1.54, 1.807) is 19.1 Å². The number of alkyl halides is 2. The van der Waals surface area contributed by atoms with E-state index in [-0.39, 0.29) is 5.56 Å². The van der Waals surface area contributed by atoms with Crippen LogP contribution in [-0.2, 0) is 0 Å². The number of halogens is 2. The molecule has 1 aromatic carbocycles. The van der Waals surface area contributed by atoms with E-state index in [1.165, 1.54) is 6.07 Å². The van der Waals surface area contributed by atoms with Crippen molar-refractivity contribution < 1.29 is 8.78 Å². The minimum atomic E-state index is -2.35. The third kappa shape index (κ3) is 1.76. The van der Waals surface area contributed by atoms with Crippen molar-refractivity contribution in [2.75, 3.05) is 0 Å². The molecule has 0 spiro atoms. The molecule has 0 atom stereocenters. The highest BCUT2D eigenvalue weighted by Crippen LogP contribution is 2.22. The summed E-state index contributed by atoms with van der Waals surface area (Å²) in [6.45, 7) is 3.59. The maximum atomic E-state index is 12.2. The first-order valence-electron chi connectivity index (χ1n) is 3.46. The van der Waals surface area contributed by atoms with Gasteiger partial charge in [-0.2, -0.15) is 0 Å². The van der Waals surface area contributed by atoms with Crippen LogP contribution in [0.1, 0.15) is 23.1 Å². The van der Waals surface area contributed by atoms with Gasteiger partial charge in [0.25, 0.3) is 6.43 Å². The van der Waals surface area contributed by atoms with Crippen LogP contribution in [0.3, 0.4) is 0 Å². The van der Waals surface area contributed by atoms with Crippen LogP contribution in [-0.4, -0.2) is 0 Å². The first-order chi connectivity index (χ1) is 5.11. The van der Waals surface area contributed by atoms with Crippen molar-refractivity contribution in [1.29, 1.82) is 0 Å².